The summed E-state index contributed by atoms with van der Waals surface area (Å²) in [6.45, 7) is 1.94. The average molecular weight is 289 g/mol. The fourth-order valence-electron chi connectivity index (χ4n) is 2.20. The van der Waals surface area contributed by atoms with Crippen LogP contribution in [0, 0.1) is 6.92 Å². The molecule has 104 valence electrons. The van der Waals surface area contributed by atoms with Crippen LogP contribution in [0.5, 0.6) is 5.75 Å². The molecular formula is C17H17ClO2. The molecule has 1 saturated carbocycles. The summed E-state index contributed by atoms with van der Waals surface area (Å²) in [5, 5.41) is 11.2. The van der Waals surface area contributed by atoms with Crippen molar-refractivity contribution in [3.8, 4) is 5.75 Å². The number of aryl methyl sites for hydroxylation is 1. The highest BCUT2D eigenvalue weighted by Crippen LogP contribution is 2.33. The van der Waals surface area contributed by atoms with E-state index in [2.05, 4.69) is 0 Å². The topological polar surface area (TPSA) is 29.5 Å². The predicted molar refractivity (Wildman–Crippen MR) is 80.3 cm³/mol. The molecule has 3 heteroatoms. The molecule has 1 unspecified atom stereocenters. The van der Waals surface area contributed by atoms with Crippen LogP contribution >= 0.6 is 11.6 Å². The molecule has 3 rings (SSSR count). The lowest BCUT2D eigenvalue weighted by atomic mass is 10.00. The highest BCUT2D eigenvalue weighted by molar-refractivity contribution is 6.32. The van der Waals surface area contributed by atoms with Gasteiger partial charge < -0.3 is 9.84 Å². The number of halogens is 1. The Kier molecular flexibility index (Phi) is 3.68. The van der Waals surface area contributed by atoms with Crippen molar-refractivity contribution in [2.24, 2.45) is 0 Å². The standard InChI is InChI=1S/C17H17ClO2/c1-11-4-2-7-15(16(11)18)17(19)12-5-3-6-14(10-12)20-13-8-9-13/h2-7,10,13,17,19H,8-9H2,1H3. The Morgan fingerprint density at radius 1 is 1.20 bits per heavy atom. The summed E-state index contributed by atoms with van der Waals surface area (Å²) in [5.74, 6) is 0.813. The summed E-state index contributed by atoms with van der Waals surface area (Å²) >= 11 is 6.28. The maximum absolute atomic E-state index is 10.5. The quantitative estimate of drug-likeness (QED) is 0.910. The lowest BCUT2D eigenvalue weighted by molar-refractivity contribution is 0.219. The van der Waals surface area contributed by atoms with E-state index < -0.39 is 6.10 Å². The molecule has 0 aromatic heterocycles. The normalized spacial score (nSPS) is 15.9. The molecule has 20 heavy (non-hydrogen) atoms. The summed E-state index contributed by atoms with van der Waals surface area (Å²) in [7, 11) is 0. The Labute approximate surface area is 124 Å². The number of hydrogen-bond acceptors (Lipinski definition) is 2. The summed E-state index contributed by atoms with van der Waals surface area (Å²) in [4.78, 5) is 0. The molecule has 0 spiro atoms. The summed E-state index contributed by atoms with van der Waals surface area (Å²) in [6, 6.07) is 13.3. The van der Waals surface area contributed by atoms with E-state index in [0.29, 0.717) is 11.1 Å². The Morgan fingerprint density at radius 2 is 1.95 bits per heavy atom. The van der Waals surface area contributed by atoms with Gasteiger partial charge in [0.2, 0.25) is 0 Å². The van der Waals surface area contributed by atoms with Crippen LogP contribution in [-0.4, -0.2) is 11.2 Å². The number of benzene rings is 2. The van der Waals surface area contributed by atoms with E-state index in [4.69, 9.17) is 16.3 Å². The van der Waals surface area contributed by atoms with Crippen LogP contribution in [-0.2, 0) is 0 Å². The molecule has 1 atom stereocenters. The van der Waals surface area contributed by atoms with Gasteiger partial charge >= 0.3 is 0 Å². The van der Waals surface area contributed by atoms with Gasteiger partial charge in [0.05, 0.1) is 6.10 Å². The molecule has 0 aliphatic heterocycles. The summed E-state index contributed by atoms with van der Waals surface area (Å²) in [6.07, 6.45) is 1.86. The van der Waals surface area contributed by atoms with Crippen molar-refractivity contribution in [3.63, 3.8) is 0 Å². The smallest absolute Gasteiger partial charge is 0.120 e. The number of ether oxygens (including phenoxy) is 1. The second kappa shape index (κ2) is 5.47. The molecule has 0 radical (unpaired) electrons. The number of aliphatic hydroxyl groups excluding tert-OH is 1. The van der Waals surface area contributed by atoms with Gasteiger partial charge in [0, 0.05) is 10.6 Å². The first kappa shape index (κ1) is 13.5. The van der Waals surface area contributed by atoms with E-state index >= 15 is 0 Å². The Hall–Kier alpha value is -1.51. The van der Waals surface area contributed by atoms with Crippen LogP contribution < -0.4 is 4.74 Å². The number of aliphatic hydroxyl groups is 1. The minimum atomic E-state index is -0.731. The van der Waals surface area contributed by atoms with Gasteiger partial charge in [-0.05, 0) is 43.0 Å². The van der Waals surface area contributed by atoms with Crippen molar-refractivity contribution in [3.05, 3.63) is 64.2 Å². The molecule has 0 amide bonds. The van der Waals surface area contributed by atoms with Gasteiger partial charge in [0.1, 0.15) is 11.9 Å². The van der Waals surface area contributed by atoms with Crippen LogP contribution in [0.3, 0.4) is 0 Å². The Balaban J connectivity index is 1.89. The van der Waals surface area contributed by atoms with Gasteiger partial charge in [0.15, 0.2) is 0 Å². The van der Waals surface area contributed by atoms with Gasteiger partial charge in [0.25, 0.3) is 0 Å². The lowest BCUT2D eigenvalue weighted by Gasteiger charge is -2.15. The zero-order valence-corrected chi connectivity index (χ0v) is 12.1. The minimum Gasteiger partial charge on any atom is -0.490 e. The molecule has 0 saturated heterocycles. The zero-order chi connectivity index (χ0) is 14.1. The summed E-state index contributed by atoms with van der Waals surface area (Å²) < 4.78 is 5.76. The SMILES string of the molecule is Cc1cccc(C(O)c2cccc(OC3CC3)c2)c1Cl. The minimum absolute atomic E-state index is 0.352. The van der Waals surface area contributed by atoms with E-state index in [-0.39, 0.29) is 0 Å². The van der Waals surface area contributed by atoms with E-state index in [1.54, 1.807) is 0 Å². The first-order valence-corrected chi connectivity index (χ1v) is 7.22. The first-order valence-electron chi connectivity index (χ1n) is 6.85. The zero-order valence-electron chi connectivity index (χ0n) is 11.3. The molecule has 1 N–H and O–H groups in total. The van der Waals surface area contributed by atoms with Crippen molar-refractivity contribution in [1.82, 2.24) is 0 Å². The number of rotatable bonds is 4. The maximum atomic E-state index is 10.5. The molecule has 2 nitrogen and oxygen atoms in total. The fourth-order valence-corrected chi connectivity index (χ4v) is 2.43. The maximum Gasteiger partial charge on any atom is 0.120 e. The highest BCUT2D eigenvalue weighted by Gasteiger charge is 2.24. The second-order valence-corrected chi connectivity index (χ2v) is 5.65. The predicted octanol–water partition coefficient (Wildman–Crippen LogP) is 4.27. The van der Waals surface area contributed by atoms with Crippen LogP contribution in [0.25, 0.3) is 0 Å². The highest BCUT2D eigenvalue weighted by atomic mass is 35.5. The van der Waals surface area contributed by atoms with Crippen molar-refractivity contribution in [2.75, 3.05) is 0 Å². The van der Waals surface area contributed by atoms with Crippen LogP contribution in [0.4, 0.5) is 0 Å². The van der Waals surface area contributed by atoms with Crippen molar-refractivity contribution < 1.29 is 9.84 Å². The van der Waals surface area contributed by atoms with Crippen molar-refractivity contribution in [2.45, 2.75) is 32.0 Å². The molecule has 2 aromatic carbocycles. The molecule has 1 aliphatic rings. The second-order valence-electron chi connectivity index (χ2n) is 5.27. The van der Waals surface area contributed by atoms with Crippen LogP contribution in [0.2, 0.25) is 5.02 Å². The Morgan fingerprint density at radius 3 is 2.70 bits per heavy atom. The Bertz CT molecular complexity index is 620. The van der Waals surface area contributed by atoms with Gasteiger partial charge in [-0.25, -0.2) is 0 Å². The largest absolute Gasteiger partial charge is 0.490 e. The fraction of sp³-hybridized carbons (Fsp3) is 0.294. The third-order valence-corrected chi connectivity index (χ3v) is 4.03. The van der Waals surface area contributed by atoms with E-state index in [1.165, 1.54) is 0 Å². The number of hydrogen-bond donors (Lipinski definition) is 1. The molecule has 0 bridgehead atoms. The molecule has 1 aliphatic carbocycles. The van der Waals surface area contributed by atoms with E-state index in [1.807, 2.05) is 49.4 Å². The van der Waals surface area contributed by atoms with Gasteiger partial charge in [-0.2, -0.15) is 0 Å². The molecule has 0 heterocycles. The van der Waals surface area contributed by atoms with Crippen molar-refractivity contribution in [1.29, 1.82) is 0 Å². The lowest BCUT2D eigenvalue weighted by Crippen LogP contribution is -2.03. The van der Waals surface area contributed by atoms with Gasteiger partial charge in [-0.15, -0.1) is 0 Å². The first-order chi connectivity index (χ1) is 9.65. The van der Waals surface area contributed by atoms with Gasteiger partial charge in [-0.1, -0.05) is 41.9 Å². The van der Waals surface area contributed by atoms with Crippen molar-refractivity contribution >= 4 is 11.6 Å². The van der Waals surface area contributed by atoms with Gasteiger partial charge in [-0.3, -0.25) is 0 Å². The monoisotopic (exact) mass is 288 g/mol. The molecule has 2 aromatic rings. The van der Waals surface area contributed by atoms with E-state index in [9.17, 15) is 5.11 Å². The summed E-state index contributed by atoms with van der Waals surface area (Å²) in [5.41, 5.74) is 2.50. The third-order valence-electron chi connectivity index (χ3n) is 3.52. The molecule has 1 fully saturated rings. The van der Waals surface area contributed by atoms with Crippen LogP contribution in [0.15, 0.2) is 42.5 Å². The molecular weight excluding hydrogens is 272 g/mol. The third kappa shape index (κ3) is 2.82. The average Bonchev–Trinajstić information content (AvgIpc) is 3.25. The van der Waals surface area contributed by atoms with Crippen LogP contribution in [0.1, 0.15) is 35.6 Å². The van der Waals surface area contributed by atoms with E-state index in [0.717, 1.165) is 35.3 Å².